The summed E-state index contributed by atoms with van der Waals surface area (Å²) in [6.07, 6.45) is 0.684. The van der Waals surface area contributed by atoms with Crippen molar-refractivity contribution < 1.29 is 9.13 Å². The summed E-state index contributed by atoms with van der Waals surface area (Å²) in [5.74, 6) is 0.313. The molecular formula is C14H23FIN3O. The summed E-state index contributed by atoms with van der Waals surface area (Å²) in [6.45, 7) is 6.59. The van der Waals surface area contributed by atoms with E-state index in [4.69, 9.17) is 10.5 Å². The van der Waals surface area contributed by atoms with Crippen LogP contribution in [0.2, 0.25) is 0 Å². The van der Waals surface area contributed by atoms with Crippen LogP contribution in [0.15, 0.2) is 23.2 Å². The van der Waals surface area contributed by atoms with Gasteiger partial charge in [-0.15, -0.1) is 24.0 Å². The second kappa shape index (κ2) is 8.28. The van der Waals surface area contributed by atoms with E-state index in [1.54, 1.807) is 12.1 Å². The Kier molecular flexibility index (Phi) is 7.85. The van der Waals surface area contributed by atoms with Crippen LogP contribution in [0.1, 0.15) is 26.3 Å². The number of halogens is 2. The van der Waals surface area contributed by atoms with Crippen LogP contribution >= 0.6 is 24.0 Å². The van der Waals surface area contributed by atoms with Gasteiger partial charge in [-0.1, -0.05) is 6.07 Å². The van der Waals surface area contributed by atoms with Crippen LogP contribution < -0.4 is 15.8 Å². The summed E-state index contributed by atoms with van der Waals surface area (Å²) in [6, 6.07) is 4.80. The monoisotopic (exact) mass is 395 g/mol. The molecule has 20 heavy (non-hydrogen) atoms. The van der Waals surface area contributed by atoms with Crippen molar-refractivity contribution in [3.63, 3.8) is 0 Å². The van der Waals surface area contributed by atoms with Crippen LogP contribution in [0.25, 0.3) is 0 Å². The highest BCUT2D eigenvalue weighted by Crippen LogP contribution is 2.18. The van der Waals surface area contributed by atoms with Gasteiger partial charge in [-0.3, -0.25) is 4.99 Å². The lowest BCUT2D eigenvalue weighted by atomic mass is 10.1. The third-order valence-electron chi connectivity index (χ3n) is 2.40. The van der Waals surface area contributed by atoms with Crippen molar-refractivity contribution in [2.45, 2.75) is 32.7 Å². The maximum atomic E-state index is 13.2. The molecule has 0 spiro atoms. The molecule has 6 heteroatoms. The lowest BCUT2D eigenvalue weighted by Gasteiger charge is -2.20. The Hall–Kier alpha value is -1.05. The van der Waals surface area contributed by atoms with E-state index in [2.05, 4.69) is 10.3 Å². The highest BCUT2D eigenvalue weighted by atomic mass is 127. The topological polar surface area (TPSA) is 59.6 Å². The van der Waals surface area contributed by atoms with Crippen LogP contribution in [-0.2, 0) is 6.42 Å². The molecule has 0 radical (unpaired) electrons. The molecule has 0 atom stereocenters. The Labute approximate surface area is 137 Å². The Morgan fingerprint density at radius 3 is 2.60 bits per heavy atom. The zero-order valence-corrected chi connectivity index (χ0v) is 14.7. The fourth-order valence-electron chi connectivity index (χ4n) is 1.59. The summed E-state index contributed by atoms with van der Waals surface area (Å²) in [5, 5.41) is 3.08. The first kappa shape index (κ1) is 18.9. The molecule has 3 N–H and O–H groups in total. The van der Waals surface area contributed by atoms with Crippen molar-refractivity contribution in [3.8, 4) is 5.75 Å². The number of nitrogens with two attached hydrogens (primary N) is 1. The molecule has 0 fully saturated rings. The minimum atomic E-state index is -0.358. The van der Waals surface area contributed by atoms with Crippen molar-refractivity contribution in [1.82, 2.24) is 5.32 Å². The Bertz CT molecular complexity index is 458. The van der Waals surface area contributed by atoms with Crippen LogP contribution in [0.4, 0.5) is 4.39 Å². The zero-order valence-electron chi connectivity index (χ0n) is 12.4. The minimum Gasteiger partial charge on any atom is -0.494 e. The summed E-state index contributed by atoms with van der Waals surface area (Å²) < 4.78 is 18.2. The zero-order chi connectivity index (χ0) is 14.5. The van der Waals surface area contributed by atoms with E-state index in [-0.39, 0.29) is 41.1 Å². The smallest absolute Gasteiger partial charge is 0.188 e. The van der Waals surface area contributed by atoms with E-state index in [9.17, 15) is 4.39 Å². The van der Waals surface area contributed by atoms with Gasteiger partial charge in [0.1, 0.15) is 0 Å². The Morgan fingerprint density at radius 2 is 2.05 bits per heavy atom. The highest BCUT2D eigenvalue weighted by Gasteiger charge is 2.09. The number of nitrogens with one attached hydrogen (secondary N) is 1. The van der Waals surface area contributed by atoms with Crippen LogP contribution in [0.5, 0.6) is 5.75 Å². The van der Waals surface area contributed by atoms with E-state index < -0.39 is 0 Å². The van der Waals surface area contributed by atoms with Crippen molar-refractivity contribution in [1.29, 1.82) is 0 Å². The van der Waals surface area contributed by atoms with E-state index in [1.165, 1.54) is 13.2 Å². The van der Waals surface area contributed by atoms with E-state index in [0.717, 1.165) is 5.56 Å². The highest BCUT2D eigenvalue weighted by molar-refractivity contribution is 14.0. The predicted octanol–water partition coefficient (Wildman–Crippen LogP) is 2.70. The van der Waals surface area contributed by atoms with Crippen LogP contribution in [-0.4, -0.2) is 25.2 Å². The average molecular weight is 395 g/mol. The number of hydrogen-bond acceptors (Lipinski definition) is 2. The van der Waals surface area contributed by atoms with Crippen molar-refractivity contribution >= 4 is 29.9 Å². The van der Waals surface area contributed by atoms with Crippen LogP contribution in [0, 0.1) is 5.82 Å². The molecule has 114 valence electrons. The van der Waals surface area contributed by atoms with Crippen molar-refractivity contribution in [3.05, 3.63) is 29.6 Å². The van der Waals surface area contributed by atoms with E-state index >= 15 is 0 Å². The molecule has 0 aromatic heterocycles. The number of methoxy groups -OCH3 is 1. The van der Waals surface area contributed by atoms with Gasteiger partial charge < -0.3 is 15.8 Å². The Balaban J connectivity index is 0.00000361. The maximum Gasteiger partial charge on any atom is 0.188 e. The second-order valence-corrected chi connectivity index (χ2v) is 5.36. The van der Waals surface area contributed by atoms with Gasteiger partial charge in [-0.25, -0.2) is 4.39 Å². The fraction of sp³-hybridized carbons (Fsp3) is 0.500. The third kappa shape index (κ3) is 6.93. The minimum absolute atomic E-state index is 0. The molecule has 0 bridgehead atoms. The number of hydrogen-bond donors (Lipinski definition) is 2. The van der Waals surface area contributed by atoms with Gasteiger partial charge in [0.15, 0.2) is 17.5 Å². The molecule has 0 heterocycles. The number of benzene rings is 1. The molecule has 1 aromatic carbocycles. The number of guanidine groups is 1. The molecule has 0 unspecified atom stereocenters. The first-order valence-electron chi connectivity index (χ1n) is 6.22. The molecule has 0 aliphatic heterocycles. The predicted molar refractivity (Wildman–Crippen MR) is 91.4 cm³/mol. The summed E-state index contributed by atoms with van der Waals surface area (Å²) >= 11 is 0. The summed E-state index contributed by atoms with van der Waals surface area (Å²) in [5.41, 5.74) is 6.62. The number of rotatable bonds is 4. The second-order valence-electron chi connectivity index (χ2n) is 5.36. The van der Waals surface area contributed by atoms with E-state index in [1.807, 2.05) is 20.8 Å². The molecule has 4 nitrogen and oxygen atoms in total. The lowest BCUT2D eigenvalue weighted by molar-refractivity contribution is 0.386. The average Bonchev–Trinajstić information content (AvgIpc) is 2.29. The number of aliphatic imine (C=N–C) groups is 1. The first-order valence-corrected chi connectivity index (χ1v) is 6.22. The van der Waals surface area contributed by atoms with Crippen molar-refractivity contribution in [2.24, 2.45) is 10.7 Å². The molecule has 0 amide bonds. The van der Waals surface area contributed by atoms with Gasteiger partial charge >= 0.3 is 0 Å². The molecule has 0 aliphatic rings. The van der Waals surface area contributed by atoms with Gasteiger partial charge in [0.2, 0.25) is 0 Å². The molecular weight excluding hydrogens is 372 g/mol. The molecule has 1 aromatic rings. The SMILES string of the molecule is COc1cc(CCN=C(N)NC(C)(C)C)ccc1F.I. The fourth-order valence-corrected chi connectivity index (χ4v) is 1.59. The van der Waals surface area contributed by atoms with Crippen molar-refractivity contribution in [2.75, 3.05) is 13.7 Å². The normalized spacial score (nSPS) is 11.8. The van der Waals surface area contributed by atoms with Gasteiger partial charge in [-0.2, -0.15) is 0 Å². The van der Waals surface area contributed by atoms with Crippen LogP contribution in [0.3, 0.4) is 0 Å². The maximum absolute atomic E-state index is 13.2. The van der Waals surface area contributed by atoms with Gasteiger partial charge in [0.05, 0.1) is 7.11 Å². The van der Waals surface area contributed by atoms with E-state index in [0.29, 0.717) is 18.9 Å². The molecule has 0 aliphatic carbocycles. The largest absolute Gasteiger partial charge is 0.494 e. The molecule has 1 rings (SSSR count). The number of ether oxygens (including phenoxy) is 1. The van der Waals surface area contributed by atoms with Gasteiger partial charge in [0.25, 0.3) is 0 Å². The van der Waals surface area contributed by atoms with Gasteiger partial charge in [-0.05, 0) is 44.9 Å². The summed E-state index contributed by atoms with van der Waals surface area (Å²) in [4.78, 5) is 4.23. The number of nitrogens with zero attached hydrogens (tertiary/aromatic N) is 1. The Morgan fingerprint density at radius 1 is 1.40 bits per heavy atom. The first-order chi connectivity index (χ1) is 8.81. The lowest BCUT2D eigenvalue weighted by Crippen LogP contribution is -2.45. The standard InChI is InChI=1S/C14H22FN3O.HI/c1-14(2,3)18-13(16)17-8-7-10-5-6-11(15)12(9-10)19-4;/h5-6,9H,7-8H2,1-4H3,(H3,16,17,18);1H. The molecule has 0 saturated carbocycles. The third-order valence-corrected chi connectivity index (χ3v) is 2.40. The quantitative estimate of drug-likeness (QED) is 0.468. The molecule has 0 saturated heterocycles. The van der Waals surface area contributed by atoms with Gasteiger partial charge in [0, 0.05) is 12.1 Å². The summed E-state index contributed by atoms with van der Waals surface area (Å²) in [7, 11) is 1.45.